The van der Waals surface area contributed by atoms with Gasteiger partial charge in [-0.3, -0.25) is 4.79 Å². The minimum atomic E-state index is 0.0402. The molecule has 3 nitrogen and oxygen atoms in total. The SMILES string of the molecule is CC.CCC.CCCCC.Cc1ccc(C(=O)NCCC2CCCCN2C)cc1. The fraction of sp³-hybridized carbons (Fsp3) is 0.731. The van der Waals surface area contributed by atoms with E-state index in [1.54, 1.807) is 0 Å². The van der Waals surface area contributed by atoms with Crippen molar-refractivity contribution in [3.63, 3.8) is 0 Å². The molecule has 1 unspecified atom stereocenters. The topological polar surface area (TPSA) is 32.3 Å². The molecule has 29 heavy (non-hydrogen) atoms. The van der Waals surface area contributed by atoms with Crippen molar-refractivity contribution in [2.75, 3.05) is 20.1 Å². The molecule has 0 bridgehead atoms. The van der Waals surface area contributed by atoms with Crippen molar-refractivity contribution in [1.29, 1.82) is 0 Å². The molecule has 1 atom stereocenters. The van der Waals surface area contributed by atoms with E-state index in [1.165, 1.54) is 57.1 Å². The highest BCUT2D eigenvalue weighted by Gasteiger charge is 2.18. The van der Waals surface area contributed by atoms with Gasteiger partial charge in [-0.2, -0.15) is 0 Å². The first-order valence-corrected chi connectivity index (χ1v) is 12.0. The Kier molecular flexibility index (Phi) is 22.0. The summed E-state index contributed by atoms with van der Waals surface area (Å²) in [4.78, 5) is 14.4. The molecule has 170 valence electrons. The van der Waals surface area contributed by atoms with Crippen LogP contribution in [0.5, 0.6) is 0 Å². The molecule has 1 saturated heterocycles. The third-order valence-electron chi connectivity index (χ3n) is 4.71. The highest BCUT2D eigenvalue weighted by atomic mass is 16.1. The number of piperidine rings is 1. The monoisotopic (exact) mass is 406 g/mol. The number of likely N-dealkylation sites (tertiary alicyclic amines) is 1. The van der Waals surface area contributed by atoms with Crippen LogP contribution in [0, 0.1) is 6.92 Å². The zero-order valence-electron chi connectivity index (χ0n) is 20.8. The highest BCUT2D eigenvalue weighted by molar-refractivity contribution is 5.94. The molecular weight excluding hydrogens is 356 g/mol. The average Bonchev–Trinajstić information content (AvgIpc) is 2.73. The molecule has 1 heterocycles. The number of nitrogens with one attached hydrogen (secondary N) is 1. The fourth-order valence-corrected chi connectivity index (χ4v) is 3.02. The molecule has 1 aliphatic heterocycles. The third-order valence-corrected chi connectivity index (χ3v) is 4.71. The smallest absolute Gasteiger partial charge is 0.251 e. The van der Waals surface area contributed by atoms with Gasteiger partial charge in [0.25, 0.3) is 5.91 Å². The van der Waals surface area contributed by atoms with Crippen LogP contribution in [0.4, 0.5) is 0 Å². The average molecular weight is 407 g/mol. The Balaban J connectivity index is 0. The Labute approximate surface area is 182 Å². The predicted octanol–water partition coefficient (Wildman–Crippen LogP) is 7.24. The molecule has 0 aliphatic carbocycles. The van der Waals surface area contributed by atoms with Crippen LogP contribution in [-0.4, -0.2) is 37.0 Å². The molecule has 0 saturated carbocycles. The van der Waals surface area contributed by atoms with E-state index in [0.717, 1.165) is 18.5 Å². The summed E-state index contributed by atoms with van der Waals surface area (Å²) in [6.45, 7) is 16.7. The minimum absolute atomic E-state index is 0.0402. The van der Waals surface area contributed by atoms with E-state index in [2.05, 4.69) is 45.0 Å². The van der Waals surface area contributed by atoms with Crippen LogP contribution in [0.2, 0.25) is 0 Å². The number of aryl methyl sites for hydroxylation is 1. The zero-order chi connectivity index (χ0) is 22.5. The summed E-state index contributed by atoms with van der Waals surface area (Å²) >= 11 is 0. The van der Waals surface area contributed by atoms with Crippen LogP contribution < -0.4 is 5.32 Å². The number of carbonyl (C=O) groups is 1. The molecule has 1 aromatic rings. The molecule has 1 amide bonds. The van der Waals surface area contributed by atoms with Crippen molar-refractivity contribution in [3.05, 3.63) is 35.4 Å². The second-order valence-corrected chi connectivity index (χ2v) is 7.60. The maximum Gasteiger partial charge on any atom is 0.251 e. The second kappa shape index (κ2) is 21.4. The summed E-state index contributed by atoms with van der Waals surface area (Å²) in [6.07, 6.45) is 10.3. The van der Waals surface area contributed by atoms with Crippen LogP contribution in [-0.2, 0) is 0 Å². The number of carbonyl (C=O) groups excluding carboxylic acids is 1. The fourth-order valence-electron chi connectivity index (χ4n) is 3.02. The Morgan fingerprint density at radius 1 is 1.03 bits per heavy atom. The molecule has 3 heteroatoms. The lowest BCUT2D eigenvalue weighted by molar-refractivity contribution is 0.0945. The molecule has 1 aromatic carbocycles. The van der Waals surface area contributed by atoms with Gasteiger partial charge in [0.2, 0.25) is 0 Å². The lowest BCUT2D eigenvalue weighted by atomic mass is 10.0. The van der Waals surface area contributed by atoms with E-state index < -0.39 is 0 Å². The van der Waals surface area contributed by atoms with E-state index in [4.69, 9.17) is 0 Å². The van der Waals surface area contributed by atoms with Crippen LogP contribution in [0.25, 0.3) is 0 Å². The van der Waals surface area contributed by atoms with Gasteiger partial charge in [0.15, 0.2) is 0 Å². The highest BCUT2D eigenvalue weighted by Crippen LogP contribution is 2.17. The Bertz CT molecular complexity index is 468. The number of amides is 1. The number of unbranched alkanes of at least 4 members (excludes halogenated alkanes) is 2. The third kappa shape index (κ3) is 16.2. The van der Waals surface area contributed by atoms with E-state index >= 15 is 0 Å². The molecule has 0 radical (unpaired) electrons. The lowest BCUT2D eigenvalue weighted by Gasteiger charge is -2.32. The van der Waals surface area contributed by atoms with Crippen molar-refractivity contribution in [3.8, 4) is 0 Å². The van der Waals surface area contributed by atoms with Crippen molar-refractivity contribution in [1.82, 2.24) is 10.2 Å². The Morgan fingerprint density at radius 2 is 1.59 bits per heavy atom. The first kappa shape index (κ1) is 29.8. The summed E-state index contributed by atoms with van der Waals surface area (Å²) in [7, 11) is 2.19. The quantitative estimate of drug-likeness (QED) is 0.540. The summed E-state index contributed by atoms with van der Waals surface area (Å²) in [5.41, 5.74) is 1.93. The van der Waals surface area contributed by atoms with Gasteiger partial charge in [0.05, 0.1) is 0 Å². The molecule has 1 fully saturated rings. The molecule has 2 rings (SSSR count). The summed E-state index contributed by atoms with van der Waals surface area (Å²) < 4.78 is 0. The van der Waals surface area contributed by atoms with Crippen molar-refractivity contribution < 1.29 is 4.79 Å². The zero-order valence-corrected chi connectivity index (χ0v) is 20.8. The predicted molar refractivity (Wildman–Crippen MR) is 131 cm³/mol. The minimum Gasteiger partial charge on any atom is -0.352 e. The number of benzene rings is 1. The van der Waals surface area contributed by atoms with Gasteiger partial charge in [-0.1, -0.05) is 91.3 Å². The van der Waals surface area contributed by atoms with Gasteiger partial charge in [0, 0.05) is 18.2 Å². The van der Waals surface area contributed by atoms with Gasteiger partial charge in [-0.15, -0.1) is 0 Å². The van der Waals surface area contributed by atoms with Gasteiger partial charge < -0.3 is 10.2 Å². The normalized spacial score (nSPS) is 15.5. The van der Waals surface area contributed by atoms with Gasteiger partial charge in [-0.25, -0.2) is 0 Å². The maximum absolute atomic E-state index is 12.0. The molecule has 1 N–H and O–H groups in total. The number of rotatable bonds is 6. The number of hydrogen-bond donors (Lipinski definition) is 1. The largest absolute Gasteiger partial charge is 0.352 e. The van der Waals surface area contributed by atoms with E-state index in [1.807, 2.05) is 45.0 Å². The molecule has 0 spiro atoms. The van der Waals surface area contributed by atoms with E-state index in [-0.39, 0.29) is 5.91 Å². The van der Waals surface area contributed by atoms with Crippen molar-refractivity contribution >= 4 is 5.91 Å². The number of nitrogens with zero attached hydrogens (tertiary/aromatic N) is 1. The van der Waals surface area contributed by atoms with Gasteiger partial charge >= 0.3 is 0 Å². The number of hydrogen-bond acceptors (Lipinski definition) is 2. The van der Waals surface area contributed by atoms with E-state index in [0.29, 0.717) is 6.04 Å². The van der Waals surface area contributed by atoms with E-state index in [9.17, 15) is 4.79 Å². The molecule has 1 aliphatic rings. The first-order valence-electron chi connectivity index (χ1n) is 12.0. The first-order chi connectivity index (χ1) is 14.0. The van der Waals surface area contributed by atoms with Crippen LogP contribution in [0.15, 0.2) is 24.3 Å². The Hall–Kier alpha value is -1.35. The molecular formula is C26H50N2O. The Morgan fingerprint density at radius 3 is 2.03 bits per heavy atom. The van der Waals surface area contributed by atoms with Gasteiger partial charge in [-0.05, 0) is 51.9 Å². The summed E-state index contributed by atoms with van der Waals surface area (Å²) in [5.74, 6) is 0.0402. The van der Waals surface area contributed by atoms with Crippen LogP contribution in [0.3, 0.4) is 0 Å². The van der Waals surface area contributed by atoms with Gasteiger partial charge in [0.1, 0.15) is 0 Å². The lowest BCUT2D eigenvalue weighted by Crippen LogP contribution is -2.39. The van der Waals surface area contributed by atoms with Crippen LogP contribution in [0.1, 0.15) is 109 Å². The van der Waals surface area contributed by atoms with Crippen LogP contribution >= 0.6 is 0 Å². The van der Waals surface area contributed by atoms with Crippen molar-refractivity contribution in [2.45, 2.75) is 106 Å². The second-order valence-electron chi connectivity index (χ2n) is 7.60. The maximum atomic E-state index is 12.0. The molecule has 0 aromatic heterocycles. The summed E-state index contributed by atoms with van der Waals surface area (Å²) in [6, 6.07) is 8.36. The summed E-state index contributed by atoms with van der Waals surface area (Å²) in [5, 5.41) is 3.02. The standard InChI is InChI=1S/C16H24N2O.C5H12.C3H8.C2H6/c1-13-6-8-14(9-7-13)16(19)17-11-10-15-5-3-4-12-18(15)2;1-3-5-4-2;1-3-2;1-2/h6-9,15H,3-5,10-12H2,1-2H3,(H,17,19);3-5H2,1-2H3;3H2,1-2H3;1-2H3. The van der Waals surface area contributed by atoms with Crippen molar-refractivity contribution in [2.24, 2.45) is 0 Å².